The number of methoxy groups -OCH3 is 1. The van der Waals surface area contributed by atoms with Gasteiger partial charge in [0, 0.05) is 24.7 Å². The molecule has 1 N–H and O–H groups in total. The van der Waals surface area contributed by atoms with Gasteiger partial charge in [0.2, 0.25) is 0 Å². The Hall–Kier alpha value is -0.510. The molecule has 0 aliphatic heterocycles. The van der Waals surface area contributed by atoms with Gasteiger partial charge in [-0.25, -0.2) is 0 Å². The summed E-state index contributed by atoms with van der Waals surface area (Å²) in [7, 11) is 1.76. The van der Waals surface area contributed by atoms with Gasteiger partial charge in [-0.3, -0.25) is 0 Å². The largest absolute Gasteiger partial charge is 0.384 e. The zero-order chi connectivity index (χ0) is 13.2. The summed E-state index contributed by atoms with van der Waals surface area (Å²) in [5, 5.41) is 3.64. The SMILES string of the molecule is CCCNC(CSCCOC)c1ccccc1C. The highest BCUT2D eigenvalue weighted by molar-refractivity contribution is 7.99. The summed E-state index contributed by atoms with van der Waals surface area (Å²) in [6, 6.07) is 9.11. The Labute approximate surface area is 116 Å². The number of hydrogen-bond donors (Lipinski definition) is 1. The predicted octanol–water partition coefficient (Wildman–Crippen LogP) is 3.42. The van der Waals surface area contributed by atoms with Gasteiger partial charge in [-0.05, 0) is 31.0 Å². The number of nitrogens with one attached hydrogen (secondary N) is 1. The normalized spacial score (nSPS) is 12.6. The molecule has 0 aromatic heterocycles. The highest BCUT2D eigenvalue weighted by Gasteiger charge is 2.12. The van der Waals surface area contributed by atoms with E-state index in [4.69, 9.17) is 4.74 Å². The number of benzene rings is 1. The smallest absolute Gasteiger partial charge is 0.0552 e. The molecule has 0 amide bonds. The third kappa shape index (κ3) is 5.42. The van der Waals surface area contributed by atoms with Gasteiger partial charge < -0.3 is 10.1 Å². The molecule has 1 aromatic rings. The standard InChI is InChI=1S/C15H25NOS/c1-4-9-16-15(12-18-11-10-17-3)14-8-6-5-7-13(14)2/h5-8,15-16H,4,9-12H2,1-3H3. The van der Waals surface area contributed by atoms with E-state index in [1.54, 1.807) is 7.11 Å². The molecule has 1 unspecified atom stereocenters. The predicted molar refractivity (Wildman–Crippen MR) is 81.4 cm³/mol. The van der Waals surface area contributed by atoms with Crippen molar-refractivity contribution in [3.8, 4) is 0 Å². The second-order valence-corrected chi connectivity index (χ2v) is 5.58. The fourth-order valence-corrected chi connectivity index (χ4v) is 2.88. The molecule has 0 aliphatic carbocycles. The summed E-state index contributed by atoms with van der Waals surface area (Å²) in [6.45, 7) is 6.30. The van der Waals surface area contributed by atoms with Crippen LogP contribution in [0.25, 0.3) is 0 Å². The maximum atomic E-state index is 5.09. The molecule has 1 aromatic carbocycles. The molecule has 0 fully saturated rings. The quantitative estimate of drug-likeness (QED) is 0.693. The summed E-state index contributed by atoms with van der Waals surface area (Å²) in [5.74, 6) is 2.17. The van der Waals surface area contributed by atoms with Crippen molar-refractivity contribution in [2.24, 2.45) is 0 Å². The number of hydrogen-bond acceptors (Lipinski definition) is 3. The van der Waals surface area contributed by atoms with Crippen molar-refractivity contribution in [1.29, 1.82) is 0 Å². The Kier molecular flexibility index (Phi) is 8.14. The van der Waals surface area contributed by atoms with Crippen LogP contribution in [-0.2, 0) is 4.74 Å². The Morgan fingerprint density at radius 2 is 2.11 bits per heavy atom. The maximum Gasteiger partial charge on any atom is 0.0552 e. The molecular formula is C15H25NOS. The van der Waals surface area contributed by atoms with Crippen LogP contribution < -0.4 is 5.32 Å². The Morgan fingerprint density at radius 3 is 2.78 bits per heavy atom. The lowest BCUT2D eigenvalue weighted by atomic mass is 10.0. The molecule has 2 nitrogen and oxygen atoms in total. The van der Waals surface area contributed by atoms with E-state index in [9.17, 15) is 0 Å². The first kappa shape index (κ1) is 15.5. The Balaban J connectivity index is 2.57. The van der Waals surface area contributed by atoms with Crippen LogP contribution in [0.15, 0.2) is 24.3 Å². The van der Waals surface area contributed by atoms with Gasteiger partial charge in [-0.2, -0.15) is 11.8 Å². The van der Waals surface area contributed by atoms with Crippen molar-refractivity contribution in [2.45, 2.75) is 26.3 Å². The van der Waals surface area contributed by atoms with Crippen LogP contribution in [0.1, 0.15) is 30.5 Å². The van der Waals surface area contributed by atoms with Crippen molar-refractivity contribution >= 4 is 11.8 Å². The summed E-state index contributed by atoms with van der Waals surface area (Å²) < 4.78 is 5.09. The van der Waals surface area contributed by atoms with Crippen LogP contribution in [-0.4, -0.2) is 31.8 Å². The molecule has 3 heteroatoms. The Bertz CT molecular complexity index is 330. The lowest BCUT2D eigenvalue weighted by Gasteiger charge is -2.20. The lowest BCUT2D eigenvalue weighted by Crippen LogP contribution is -2.25. The van der Waals surface area contributed by atoms with Gasteiger partial charge in [0.1, 0.15) is 0 Å². The summed E-state index contributed by atoms with van der Waals surface area (Å²) in [6.07, 6.45) is 1.17. The molecule has 0 radical (unpaired) electrons. The molecule has 0 spiro atoms. The third-order valence-corrected chi connectivity index (χ3v) is 3.95. The van der Waals surface area contributed by atoms with Crippen molar-refractivity contribution < 1.29 is 4.74 Å². The number of ether oxygens (including phenoxy) is 1. The van der Waals surface area contributed by atoms with E-state index in [1.165, 1.54) is 17.5 Å². The van der Waals surface area contributed by atoms with Gasteiger partial charge >= 0.3 is 0 Å². The topological polar surface area (TPSA) is 21.3 Å². The average Bonchev–Trinajstić information content (AvgIpc) is 2.39. The van der Waals surface area contributed by atoms with Crippen LogP contribution in [0.2, 0.25) is 0 Å². The summed E-state index contributed by atoms with van der Waals surface area (Å²) in [4.78, 5) is 0. The van der Waals surface area contributed by atoms with Crippen LogP contribution in [0.3, 0.4) is 0 Å². The number of thioether (sulfide) groups is 1. The fourth-order valence-electron chi connectivity index (χ4n) is 1.90. The van der Waals surface area contributed by atoms with Gasteiger partial charge in [-0.15, -0.1) is 0 Å². The van der Waals surface area contributed by atoms with E-state index < -0.39 is 0 Å². The van der Waals surface area contributed by atoms with E-state index in [-0.39, 0.29) is 0 Å². The number of rotatable bonds is 9. The van der Waals surface area contributed by atoms with Gasteiger partial charge in [-0.1, -0.05) is 31.2 Å². The van der Waals surface area contributed by atoms with E-state index in [0.29, 0.717) is 6.04 Å². The second kappa shape index (κ2) is 9.42. The molecular weight excluding hydrogens is 242 g/mol. The first-order valence-corrected chi connectivity index (χ1v) is 7.80. The second-order valence-electron chi connectivity index (χ2n) is 4.43. The first-order chi connectivity index (χ1) is 8.79. The monoisotopic (exact) mass is 267 g/mol. The molecule has 0 aliphatic rings. The van der Waals surface area contributed by atoms with E-state index in [2.05, 4.69) is 43.4 Å². The van der Waals surface area contributed by atoms with Crippen molar-refractivity contribution in [1.82, 2.24) is 5.32 Å². The third-order valence-electron chi connectivity index (χ3n) is 2.92. The minimum absolute atomic E-state index is 0.452. The van der Waals surface area contributed by atoms with E-state index in [1.807, 2.05) is 11.8 Å². The van der Waals surface area contributed by atoms with E-state index >= 15 is 0 Å². The highest BCUT2D eigenvalue weighted by atomic mass is 32.2. The molecule has 0 heterocycles. The van der Waals surface area contributed by atoms with Crippen molar-refractivity contribution in [3.63, 3.8) is 0 Å². The molecule has 102 valence electrons. The summed E-state index contributed by atoms with van der Waals surface area (Å²) >= 11 is 1.95. The zero-order valence-electron chi connectivity index (χ0n) is 11.7. The van der Waals surface area contributed by atoms with Crippen LogP contribution in [0, 0.1) is 6.92 Å². The van der Waals surface area contributed by atoms with Crippen LogP contribution >= 0.6 is 11.8 Å². The van der Waals surface area contributed by atoms with Crippen LogP contribution in [0.5, 0.6) is 0 Å². The van der Waals surface area contributed by atoms with Gasteiger partial charge in [0.15, 0.2) is 0 Å². The minimum atomic E-state index is 0.452. The van der Waals surface area contributed by atoms with Crippen molar-refractivity contribution in [3.05, 3.63) is 35.4 Å². The maximum absolute atomic E-state index is 5.09. The first-order valence-electron chi connectivity index (χ1n) is 6.65. The molecule has 1 rings (SSSR count). The summed E-state index contributed by atoms with van der Waals surface area (Å²) in [5.41, 5.74) is 2.80. The average molecular weight is 267 g/mol. The molecule has 0 saturated carbocycles. The molecule has 0 bridgehead atoms. The van der Waals surface area contributed by atoms with Crippen molar-refractivity contribution in [2.75, 3.05) is 31.8 Å². The van der Waals surface area contributed by atoms with Gasteiger partial charge in [0.25, 0.3) is 0 Å². The zero-order valence-corrected chi connectivity index (χ0v) is 12.6. The molecule has 18 heavy (non-hydrogen) atoms. The molecule has 1 atom stereocenters. The lowest BCUT2D eigenvalue weighted by molar-refractivity contribution is 0.218. The number of aryl methyl sites for hydroxylation is 1. The highest BCUT2D eigenvalue weighted by Crippen LogP contribution is 2.21. The molecule has 0 saturated heterocycles. The van der Waals surface area contributed by atoms with Gasteiger partial charge in [0.05, 0.1) is 6.61 Å². The van der Waals surface area contributed by atoms with E-state index in [0.717, 1.165) is 24.7 Å². The van der Waals surface area contributed by atoms with Crippen LogP contribution in [0.4, 0.5) is 0 Å². The fraction of sp³-hybridized carbons (Fsp3) is 0.600. The minimum Gasteiger partial charge on any atom is -0.384 e. The Morgan fingerprint density at radius 1 is 1.33 bits per heavy atom.